The van der Waals surface area contributed by atoms with Crippen molar-refractivity contribution in [1.29, 1.82) is 0 Å². The minimum atomic E-state index is -0.118. The number of nitrogens with one attached hydrogen (secondary N) is 1. The van der Waals surface area contributed by atoms with Crippen molar-refractivity contribution < 1.29 is 9.53 Å². The summed E-state index contributed by atoms with van der Waals surface area (Å²) in [5, 5.41) is 7.11. The molecule has 1 atom stereocenters. The molecule has 0 aliphatic carbocycles. The number of aryl methyl sites for hydroxylation is 1. The van der Waals surface area contributed by atoms with Gasteiger partial charge in [0.25, 0.3) is 0 Å². The Morgan fingerprint density at radius 1 is 1.60 bits per heavy atom. The van der Waals surface area contributed by atoms with Crippen LogP contribution in [0.2, 0.25) is 0 Å². The van der Waals surface area contributed by atoms with Crippen molar-refractivity contribution in [3.63, 3.8) is 0 Å². The molecule has 6 heteroatoms. The van der Waals surface area contributed by atoms with Crippen LogP contribution in [-0.4, -0.2) is 48.0 Å². The third kappa shape index (κ3) is 5.61. The van der Waals surface area contributed by atoms with E-state index >= 15 is 0 Å². The first kappa shape index (κ1) is 16.5. The summed E-state index contributed by atoms with van der Waals surface area (Å²) in [6, 6.07) is 1.69. The number of hydrogen-bond acceptors (Lipinski definition) is 3. The number of aromatic nitrogens is 2. The van der Waals surface area contributed by atoms with Crippen LogP contribution in [0.15, 0.2) is 12.3 Å². The standard InChI is InChI=1S/C14H26N4O2/c1-5-12(2)11-17(3)14(19)15-13-7-9-18(16-13)8-6-10-20-4/h7,9,12H,5-6,8,10-11H2,1-4H3,(H,15,16,19)/t12-/m1/s1. The lowest BCUT2D eigenvalue weighted by Crippen LogP contribution is -2.34. The highest BCUT2D eigenvalue weighted by Gasteiger charge is 2.12. The van der Waals surface area contributed by atoms with Crippen molar-refractivity contribution in [2.45, 2.75) is 33.2 Å². The molecule has 0 unspecified atom stereocenters. The van der Waals surface area contributed by atoms with E-state index < -0.39 is 0 Å². The number of anilines is 1. The highest BCUT2D eigenvalue weighted by Crippen LogP contribution is 2.07. The van der Waals surface area contributed by atoms with Crippen LogP contribution >= 0.6 is 0 Å². The second-order valence-electron chi connectivity index (χ2n) is 5.13. The van der Waals surface area contributed by atoms with Gasteiger partial charge in [0.05, 0.1) is 0 Å². The molecule has 1 aromatic heterocycles. The summed E-state index contributed by atoms with van der Waals surface area (Å²) in [7, 11) is 3.49. The van der Waals surface area contributed by atoms with E-state index in [0.29, 0.717) is 18.3 Å². The lowest BCUT2D eigenvalue weighted by molar-refractivity contribution is 0.189. The molecule has 0 aliphatic rings. The monoisotopic (exact) mass is 282 g/mol. The number of methoxy groups -OCH3 is 1. The SMILES string of the molecule is CC[C@@H](C)CN(C)C(=O)Nc1ccn(CCCOC)n1. The molecule has 1 aromatic rings. The Bertz CT molecular complexity index is 406. The second kappa shape index (κ2) is 8.58. The molecule has 6 nitrogen and oxygen atoms in total. The maximum atomic E-state index is 12.0. The molecule has 0 saturated heterocycles. The minimum Gasteiger partial charge on any atom is -0.385 e. The Labute approximate surface area is 121 Å². The van der Waals surface area contributed by atoms with E-state index in [1.54, 1.807) is 19.1 Å². The first-order valence-electron chi connectivity index (χ1n) is 7.11. The van der Waals surface area contributed by atoms with Gasteiger partial charge in [0, 0.05) is 46.1 Å². The zero-order chi connectivity index (χ0) is 15.0. The van der Waals surface area contributed by atoms with Gasteiger partial charge in [0.1, 0.15) is 0 Å². The number of carbonyl (C=O) groups is 1. The Balaban J connectivity index is 2.41. The largest absolute Gasteiger partial charge is 0.385 e. The Morgan fingerprint density at radius 2 is 2.35 bits per heavy atom. The number of nitrogens with zero attached hydrogens (tertiary/aromatic N) is 3. The average Bonchev–Trinajstić information content (AvgIpc) is 2.86. The fraction of sp³-hybridized carbons (Fsp3) is 0.714. The zero-order valence-corrected chi connectivity index (χ0v) is 12.9. The topological polar surface area (TPSA) is 59.4 Å². The van der Waals surface area contributed by atoms with Gasteiger partial charge < -0.3 is 9.64 Å². The predicted molar refractivity (Wildman–Crippen MR) is 79.8 cm³/mol. The highest BCUT2D eigenvalue weighted by molar-refractivity contribution is 5.87. The van der Waals surface area contributed by atoms with Gasteiger partial charge in [0.2, 0.25) is 0 Å². The van der Waals surface area contributed by atoms with Crippen molar-refractivity contribution in [3.8, 4) is 0 Å². The van der Waals surface area contributed by atoms with Gasteiger partial charge >= 0.3 is 6.03 Å². The van der Waals surface area contributed by atoms with Crippen LogP contribution in [0.4, 0.5) is 10.6 Å². The smallest absolute Gasteiger partial charge is 0.322 e. The summed E-state index contributed by atoms with van der Waals surface area (Å²) in [6.07, 6.45) is 3.82. The number of urea groups is 1. The van der Waals surface area contributed by atoms with E-state index in [2.05, 4.69) is 24.3 Å². The van der Waals surface area contributed by atoms with Gasteiger partial charge in [-0.25, -0.2) is 4.79 Å². The molecular weight excluding hydrogens is 256 g/mol. The van der Waals surface area contributed by atoms with Crippen molar-refractivity contribution in [2.24, 2.45) is 5.92 Å². The zero-order valence-electron chi connectivity index (χ0n) is 12.9. The summed E-state index contributed by atoms with van der Waals surface area (Å²) in [4.78, 5) is 13.7. The molecule has 0 saturated carbocycles. The van der Waals surface area contributed by atoms with E-state index in [-0.39, 0.29) is 6.03 Å². The molecule has 1 rings (SSSR count). The molecule has 1 N–H and O–H groups in total. The van der Waals surface area contributed by atoms with Crippen LogP contribution in [0.1, 0.15) is 26.7 Å². The van der Waals surface area contributed by atoms with Gasteiger partial charge in [-0.05, 0) is 12.3 Å². The molecule has 2 amide bonds. The van der Waals surface area contributed by atoms with E-state index in [1.165, 1.54) is 0 Å². The minimum absolute atomic E-state index is 0.118. The Morgan fingerprint density at radius 3 is 3.00 bits per heavy atom. The normalized spacial score (nSPS) is 12.2. The van der Waals surface area contributed by atoms with Crippen molar-refractivity contribution >= 4 is 11.8 Å². The fourth-order valence-electron chi connectivity index (χ4n) is 1.81. The molecule has 114 valence electrons. The summed E-state index contributed by atoms with van der Waals surface area (Å²) in [5.41, 5.74) is 0. The van der Waals surface area contributed by atoms with Crippen LogP contribution in [0.5, 0.6) is 0 Å². The van der Waals surface area contributed by atoms with Gasteiger partial charge in [-0.1, -0.05) is 20.3 Å². The third-order valence-electron chi connectivity index (χ3n) is 3.24. The number of carbonyl (C=O) groups excluding carboxylic acids is 1. The summed E-state index contributed by atoms with van der Waals surface area (Å²) < 4.78 is 6.81. The lowest BCUT2D eigenvalue weighted by Gasteiger charge is -2.20. The van der Waals surface area contributed by atoms with Crippen LogP contribution in [0, 0.1) is 5.92 Å². The molecule has 0 aromatic carbocycles. The quantitative estimate of drug-likeness (QED) is 0.745. The lowest BCUT2D eigenvalue weighted by atomic mass is 10.1. The summed E-state index contributed by atoms with van der Waals surface area (Å²) in [5.74, 6) is 1.08. The average molecular weight is 282 g/mol. The van der Waals surface area contributed by atoms with Gasteiger partial charge in [0.15, 0.2) is 5.82 Å². The van der Waals surface area contributed by atoms with Crippen LogP contribution in [0.25, 0.3) is 0 Å². The van der Waals surface area contributed by atoms with Crippen molar-refractivity contribution in [2.75, 3.05) is 32.6 Å². The molecule has 1 heterocycles. The number of amides is 2. The first-order valence-corrected chi connectivity index (χ1v) is 7.11. The van der Waals surface area contributed by atoms with E-state index in [1.807, 2.05) is 16.9 Å². The molecular formula is C14H26N4O2. The van der Waals surface area contributed by atoms with E-state index in [9.17, 15) is 4.79 Å². The number of hydrogen-bond donors (Lipinski definition) is 1. The highest BCUT2D eigenvalue weighted by atomic mass is 16.5. The van der Waals surface area contributed by atoms with Crippen molar-refractivity contribution in [3.05, 3.63) is 12.3 Å². The van der Waals surface area contributed by atoms with Gasteiger partial charge in [-0.3, -0.25) is 10.00 Å². The summed E-state index contributed by atoms with van der Waals surface area (Å²) in [6.45, 7) is 6.49. The van der Waals surface area contributed by atoms with Crippen LogP contribution in [-0.2, 0) is 11.3 Å². The maximum Gasteiger partial charge on any atom is 0.322 e. The number of rotatable bonds is 8. The fourth-order valence-corrected chi connectivity index (χ4v) is 1.81. The first-order chi connectivity index (χ1) is 9.56. The maximum absolute atomic E-state index is 12.0. The molecule has 0 spiro atoms. The second-order valence-corrected chi connectivity index (χ2v) is 5.13. The molecule has 0 fully saturated rings. The van der Waals surface area contributed by atoms with Crippen LogP contribution < -0.4 is 5.32 Å². The molecule has 0 bridgehead atoms. The van der Waals surface area contributed by atoms with Crippen LogP contribution in [0.3, 0.4) is 0 Å². The van der Waals surface area contributed by atoms with Gasteiger partial charge in [-0.2, -0.15) is 5.10 Å². The Hall–Kier alpha value is -1.56. The van der Waals surface area contributed by atoms with Crippen molar-refractivity contribution in [1.82, 2.24) is 14.7 Å². The van der Waals surface area contributed by atoms with E-state index in [0.717, 1.165) is 25.9 Å². The van der Waals surface area contributed by atoms with Gasteiger partial charge in [-0.15, -0.1) is 0 Å². The number of ether oxygens (including phenoxy) is 1. The molecule has 0 aliphatic heterocycles. The molecule has 0 radical (unpaired) electrons. The van der Waals surface area contributed by atoms with E-state index in [4.69, 9.17) is 4.74 Å². The summed E-state index contributed by atoms with van der Waals surface area (Å²) >= 11 is 0. The Kier molecular flexibility index (Phi) is 7.08. The molecule has 20 heavy (non-hydrogen) atoms. The predicted octanol–water partition coefficient (Wildman–Crippen LogP) is 2.43. The third-order valence-corrected chi connectivity index (χ3v) is 3.24.